The summed E-state index contributed by atoms with van der Waals surface area (Å²) in [7, 11) is -3.61. The van der Waals surface area contributed by atoms with E-state index in [1.54, 1.807) is 48.5 Å². The monoisotopic (exact) mass is 327 g/mol. The molecule has 2 rings (SSSR count). The van der Waals surface area contributed by atoms with E-state index in [-0.39, 0.29) is 0 Å². The summed E-state index contributed by atoms with van der Waals surface area (Å²) in [6.45, 7) is 0. The van der Waals surface area contributed by atoms with E-state index in [0.717, 1.165) is 11.0 Å². The Morgan fingerprint density at radius 1 is 0.950 bits per heavy atom. The molecule has 20 heavy (non-hydrogen) atoms. The lowest BCUT2D eigenvalue weighted by molar-refractivity contribution is 0.609. The lowest BCUT2D eigenvalue weighted by Gasteiger charge is -2.05. The SMILES string of the molecule is O=S(=O)(/C=C/c1ccc(Cl)cc1)Nc1ccccc1Cl. The average molecular weight is 328 g/mol. The lowest BCUT2D eigenvalue weighted by Crippen LogP contribution is -2.09. The molecule has 0 amide bonds. The van der Waals surface area contributed by atoms with Crippen molar-refractivity contribution < 1.29 is 8.42 Å². The van der Waals surface area contributed by atoms with Crippen molar-refractivity contribution in [3.8, 4) is 0 Å². The minimum absolute atomic E-state index is 0.343. The summed E-state index contributed by atoms with van der Waals surface area (Å²) in [6.07, 6.45) is 1.48. The van der Waals surface area contributed by atoms with Gasteiger partial charge in [0, 0.05) is 5.02 Å². The van der Waals surface area contributed by atoms with Crippen LogP contribution in [0, 0.1) is 0 Å². The highest BCUT2D eigenvalue weighted by molar-refractivity contribution is 7.95. The van der Waals surface area contributed by atoms with E-state index in [4.69, 9.17) is 23.2 Å². The molecule has 0 atom stereocenters. The fraction of sp³-hybridized carbons (Fsp3) is 0. The van der Waals surface area contributed by atoms with Gasteiger partial charge in [-0.3, -0.25) is 4.72 Å². The zero-order valence-electron chi connectivity index (χ0n) is 10.3. The maximum absolute atomic E-state index is 11.9. The maximum atomic E-state index is 11.9. The molecule has 0 unspecified atom stereocenters. The van der Waals surface area contributed by atoms with Crippen molar-refractivity contribution in [3.63, 3.8) is 0 Å². The summed E-state index contributed by atoms with van der Waals surface area (Å²) in [4.78, 5) is 0. The van der Waals surface area contributed by atoms with E-state index in [9.17, 15) is 8.42 Å². The molecule has 0 aliphatic rings. The molecule has 0 fully saturated rings. The topological polar surface area (TPSA) is 46.2 Å². The Labute approximate surface area is 127 Å². The highest BCUT2D eigenvalue weighted by Crippen LogP contribution is 2.22. The zero-order chi connectivity index (χ0) is 14.6. The first kappa shape index (κ1) is 14.9. The van der Waals surface area contributed by atoms with Crippen molar-refractivity contribution in [1.82, 2.24) is 0 Å². The van der Waals surface area contributed by atoms with Crippen molar-refractivity contribution in [2.24, 2.45) is 0 Å². The van der Waals surface area contributed by atoms with Gasteiger partial charge in [-0.25, -0.2) is 8.42 Å². The van der Waals surface area contributed by atoms with Gasteiger partial charge in [0.15, 0.2) is 0 Å². The van der Waals surface area contributed by atoms with Crippen LogP contribution in [-0.2, 0) is 10.0 Å². The quantitative estimate of drug-likeness (QED) is 0.904. The molecule has 0 aliphatic carbocycles. The Kier molecular flexibility index (Phi) is 4.70. The summed E-state index contributed by atoms with van der Waals surface area (Å²) in [6, 6.07) is 13.5. The van der Waals surface area contributed by atoms with Crippen molar-refractivity contribution >= 4 is 45.0 Å². The number of nitrogens with one attached hydrogen (secondary N) is 1. The van der Waals surface area contributed by atoms with Gasteiger partial charge in [0.1, 0.15) is 0 Å². The minimum Gasteiger partial charge on any atom is -0.279 e. The zero-order valence-corrected chi connectivity index (χ0v) is 12.6. The number of benzene rings is 2. The third-order valence-electron chi connectivity index (χ3n) is 2.44. The first-order valence-electron chi connectivity index (χ1n) is 5.67. The van der Waals surface area contributed by atoms with E-state index in [1.807, 2.05) is 0 Å². The first-order valence-corrected chi connectivity index (χ1v) is 7.97. The molecule has 2 aromatic carbocycles. The van der Waals surface area contributed by atoms with E-state index in [0.29, 0.717) is 15.7 Å². The second-order valence-electron chi connectivity index (χ2n) is 3.98. The van der Waals surface area contributed by atoms with Gasteiger partial charge in [-0.15, -0.1) is 0 Å². The van der Waals surface area contributed by atoms with Gasteiger partial charge >= 0.3 is 0 Å². The molecule has 3 nitrogen and oxygen atoms in total. The highest BCUT2D eigenvalue weighted by Gasteiger charge is 2.07. The average Bonchev–Trinajstić information content (AvgIpc) is 2.41. The predicted molar refractivity (Wildman–Crippen MR) is 84.5 cm³/mol. The van der Waals surface area contributed by atoms with Gasteiger partial charge in [-0.1, -0.05) is 47.5 Å². The van der Waals surface area contributed by atoms with Gasteiger partial charge in [0.25, 0.3) is 10.0 Å². The van der Waals surface area contributed by atoms with Crippen LogP contribution in [0.1, 0.15) is 5.56 Å². The number of para-hydroxylation sites is 1. The summed E-state index contributed by atoms with van der Waals surface area (Å²) >= 11 is 11.7. The Bertz CT molecular complexity index is 725. The van der Waals surface area contributed by atoms with Crippen LogP contribution in [-0.4, -0.2) is 8.42 Å². The molecule has 0 radical (unpaired) electrons. The fourth-order valence-electron chi connectivity index (χ4n) is 1.47. The minimum atomic E-state index is -3.61. The molecular formula is C14H11Cl2NO2S. The second kappa shape index (κ2) is 6.31. The van der Waals surface area contributed by atoms with Crippen LogP contribution in [0.25, 0.3) is 6.08 Å². The van der Waals surface area contributed by atoms with Crippen molar-refractivity contribution in [1.29, 1.82) is 0 Å². The molecule has 104 valence electrons. The lowest BCUT2D eigenvalue weighted by atomic mass is 10.2. The molecule has 6 heteroatoms. The van der Waals surface area contributed by atoms with Crippen LogP contribution >= 0.6 is 23.2 Å². The number of anilines is 1. The number of halogens is 2. The largest absolute Gasteiger partial charge is 0.279 e. The molecule has 0 aliphatic heterocycles. The smallest absolute Gasteiger partial charge is 0.255 e. The van der Waals surface area contributed by atoms with E-state index in [1.165, 1.54) is 6.08 Å². The Hall–Kier alpha value is -1.49. The fourth-order valence-corrected chi connectivity index (χ4v) is 2.73. The van der Waals surface area contributed by atoms with Crippen LogP contribution in [0.3, 0.4) is 0 Å². The van der Waals surface area contributed by atoms with Crippen LogP contribution in [0.2, 0.25) is 10.0 Å². The van der Waals surface area contributed by atoms with Gasteiger partial charge in [0.2, 0.25) is 0 Å². The molecule has 0 heterocycles. The van der Waals surface area contributed by atoms with E-state index < -0.39 is 10.0 Å². The maximum Gasteiger partial charge on any atom is 0.255 e. The van der Waals surface area contributed by atoms with Crippen LogP contribution in [0.15, 0.2) is 53.9 Å². The third-order valence-corrected chi connectivity index (χ3v) is 4.02. The summed E-state index contributed by atoms with van der Waals surface area (Å²) in [5, 5.41) is 2.02. The molecule has 0 aromatic heterocycles. The predicted octanol–water partition coefficient (Wildman–Crippen LogP) is 4.41. The second-order valence-corrected chi connectivity index (χ2v) is 6.39. The summed E-state index contributed by atoms with van der Waals surface area (Å²) < 4.78 is 26.2. The summed E-state index contributed by atoms with van der Waals surface area (Å²) in [5.41, 5.74) is 1.08. The molecule has 1 N–H and O–H groups in total. The highest BCUT2D eigenvalue weighted by atomic mass is 35.5. The van der Waals surface area contributed by atoms with E-state index in [2.05, 4.69) is 4.72 Å². The number of rotatable bonds is 4. The Morgan fingerprint density at radius 3 is 2.25 bits per heavy atom. The normalized spacial score (nSPS) is 11.7. The van der Waals surface area contributed by atoms with Crippen LogP contribution in [0.5, 0.6) is 0 Å². The first-order chi connectivity index (χ1) is 9.46. The van der Waals surface area contributed by atoms with Gasteiger partial charge < -0.3 is 0 Å². The van der Waals surface area contributed by atoms with Crippen molar-refractivity contribution in [3.05, 3.63) is 69.5 Å². The van der Waals surface area contributed by atoms with Crippen molar-refractivity contribution in [2.45, 2.75) is 0 Å². The third kappa shape index (κ3) is 4.27. The molecule has 0 spiro atoms. The number of sulfonamides is 1. The number of hydrogen-bond acceptors (Lipinski definition) is 2. The molecule has 2 aromatic rings. The standard InChI is InChI=1S/C14H11Cl2NO2S/c15-12-7-5-11(6-8-12)9-10-20(18,19)17-14-4-2-1-3-13(14)16/h1-10,17H/b10-9+. The van der Waals surface area contributed by atoms with Gasteiger partial charge in [-0.2, -0.15) is 0 Å². The van der Waals surface area contributed by atoms with E-state index >= 15 is 0 Å². The van der Waals surface area contributed by atoms with Gasteiger partial charge in [0.05, 0.1) is 16.1 Å². The van der Waals surface area contributed by atoms with Crippen LogP contribution in [0.4, 0.5) is 5.69 Å². The molecule has 0 saturated heterocycles. The van der Waals surface area contributed by atoms with Crippen LogP contribution < -0.4 is 4.72 Å². The summed E-state index contributed by atoms with van der Waals surface area (Å²) in [5.74, 6) is 0. The molecule has 0 saturated carbocycles. The number of hydrogen-bond donors (Lipinski definition) is 1. The van der Waals surface area contributed by atoms with Gasteiger partial charge in [-0.05, 0) is 35.9 Å². The molecule has 0 bridgehead atoms. The molecular weight excluding hydrogens is 317 g/mol. The Balaban J connectivity index is 2.15. The van der Waals surface area contributed by atoms with Crippen molar-refractivity contribution in [2.75, 3.05) is 4.72 Å². The Morgan fingerprint density at radius 2 is 1.60 bits per heavy atom.